The van der Waals surface area contributed by atoms with Gasteiger partial charge in [-0.15, -0.1) is 0 Å². The Bertz CT molecular complexity index is 417. The minimum absolute atomic E-state index is 0.100. The predicted molar refractivity (Wildman–Crippen MR) is 64.1 cm³/mol. The summed E-state index contributed by atoms with van der Waals surface area (Å²) in [6.45, 7) is 1.99. The first-order valence-corrected chi connectivity index (χ1v) is 5.40. The third-order valence-corrected chi connectivity index (χ3v) is 2.94. The minimum Gasteiger partial charge on any atom is -0.495 e. The molecule has 0 aliphatic carbocycles. The number of hydrogen-bond donors (Lipinski definition) is 1. The molecule has 1 aromatic rings. The van der Waals surface area contributed by atoms with E-state index in [2.05, 4.69) is 5.32 Å². The summed E-state index contributed by atoms with van der Waals surface area (Å²) in [5, 5.41) is 3.23. The van der Waals surface area contributed by atoms with E-state index in [1.54, 1.807) is 19.1 Å². The van der Waals surface area contributed by atoms with Crippen molar-refractivity contribution in [3.05, 3.63) is 18.2 Å². The number of carbonyl (C=O) groups is 1. The maximum atomic E-state index is 11.9. The molecular weight excluding hydrogens is 204 g/mol. The molecule has 1 unspecified atom stereocenters. The van der Waals surface area contributed by atoms with Gasteiger partial charge in [-0.1, -0.05) is 13.0 Å². The molecule has 16 heavy (non-hydrogen) atoms. The van der Waals surface area contributed by atoms with Crippen LogP contribution in [0.2, 0.25) is 0 Å². The second-order valence-electron chi connectivity index (χ2n) is 3.86. The molecular formula is C12H16N2O2. The monoisotopic (exact) mass is 220 g/mol. The molecule has 0 bridgehead atoms. The maximum absolute atomic E-state index is 11.9. The van der Waals surface area contributed by atoms with E-state index in [1.165, 1.54) is 0 Å². The van der Waals surface area contributed by atoms with E-state index in [-0.39, 0.29) is 11.9 Å². The lowest BCUT2D eigenvalue weighted by molar-refractivity contribution is -0.119. The second kappa shape index (κ2) is 4.04. The van der Waals surface area contributed by atoms with Crippen molar-refractivity contribution in [2.45, 2.75) is 19.4 Å². The van der Waals surface area contributed by atoms with Crippen molar-refractivity contribution in [2.24, 2.45) is 0 Å². The average Bonchev–Trinajstić information content (AvgIpc) is 2.33. The number of methoxy groups -OCH3 is 1. The van der Waals surface area contributed by atoms with Crippen LogP contribution in [-0.2, 0) is 4.79 Å². The fourth-order valence-corrected chi connectivity index (χ4v) is 1.98. The number of benzene rings is 1. The molecule has 0 saturated heterocycles. The Balaban J connectivity index is 2.49. The van der Waals surface area contributed by atoms with Gasteiger partial charge in [-0.05, 0) is 18.6 Å². The zero-order valence-electron chi connectivity index (χ0n) is 9.78. The van der Waals surface area contributed by atoms with Crippen LogP contribution in [0.25, 0.3) is 0 Å². The fourth-order valence-electron chi connectivity index (χ4n) is 1.98. The maximum Gasteiger partial charge on any atom is 0.249 e. The highest BCUT2D eigenvalue weighted by atomic mass is 16.5. The number of ether oxygens (including phenoxy) is 1. The van der Waals surface area contributed by atoms with E-state index in [0.29, 0.717) is 0 Å². The van der Waals surface area contributed by atoms with Crippen LogP contribution in [0.4, 0.5) is 11.4 Å². The molecule has 2 rings (SSSR count). The summed E-state index contributed by atoms with van der Waals surface area (Å²) in [6.07, 6.45) is 0.765. The number of hydrogen-bond acceptors (Lipinski definition) is 3. The molecule has 1 aromatic carbocycles. The number of carbonyl (C=O) groups excluding carboxylic acids is 1. The van der Waals surface area contributed by atoms with Crippen LogP contribution in [0.5, 0.6) is 5.75 Å². The molecule has 86 valence electrons. The highest BCUT2D eigenvalue weighted by molar-refractivity contribution is 6.05. The SMILES string of the molecule is CCC1Nc2c(OC)cccc2N(C)C1=O. The molecule has 1 aliphatic heterocycles. The molecule has 1 atom stereocenters. The first-order chi connectivity index (χ1) is 7.69. The van der Waals surface area contributed by atoms with Crippen LogP contribution >= 0.6 is 0 Å². The van der Waals surface area contributed by atoms with Crippen LogP contribution in [-0.4, -0.2) is 26.1 Å². The van der Waals surface area contributed by atoms with E-state index < -0.39 is 0 Å². The number of anilines is 2. The van der Waals surface area contributed by atoms with Crippen molar-refractivity contribution in [1.82, 2.24) is 0 Å². The number of amides is 1. The van der Waals surface area contributed by atoms with Gasteiger partial charge in [0.2, 0.25) is 5.91 Å². The fraction of sp³-hybridized carbons (Fsp3) is 0.417. The van der Waals surface area contributed by atoms with Crippen LogP contribution < -0.4 is 15.0 Å². The highest BCUT2D eigenvalue weighted by Gasteiger charge is 2.30. The number of rotatable bonds is 2. The number of fused-ring (bicyclic) bond motifs is 1. The molecule has 1 amide bonds. The lowest BCUT2D eigenvalue weighted by atomic mass is 10.1. The van der Waals surface area contributed by atoms with Crippen molar-refractivity contribution >= 4 is 17.3 Å². The van der Waals surface area contributed by atoms with Crippen LogP contribution in [0, 0.1) is 0 Å². The van der Waals surface area contributed by atoms with Crippen LogP contribution in [0.1, 0.15) is 13.3 Å². The smallest absolute Gasteiger partial charge is 0.249 e. The van der Waals surface area contributed by atoms with Gasteiger partial charge in [0.05, 0.1) is 12.8 Å². The molecule has 0 radical (unpaired) electrons. The Labute approximate surface area is 95.2 Å². The molecule has 0 aromatic heterocycles. The summed E-state index contributed by atoms with van der Waals surface area (Å²) in [5.74, 6) is 0.874. The summed E-state index contributed by atoms with van der Waals surface area (Å²) in [4.78, 5) is 13.6. The molecule has 1 heterocycles. The second-order valence-corrected chi connectivity index (χ2v) is 3.86. The Morgan fingerprint density at radius 3 is 2.88 bits per heavy atom. The van der Waals surface area contributed by atoms with Crippen molar-refractivity contribution in [3.63, 3.8) is 0 Å². The van der Waals surface area contributed by atoms with Crippen molar-refractivity contribution in [3.8, 4) is 5.75 Å². The number of nitrogens with one attached hydrogen (secondary N) is 1. The lowest BCUT2D eigenvalue weighted by Gasteiger charge is -2.33. The summed E-state index contributed by atoms with van der Waals surface area (Å²) >= 11 is 0. The third kappa shape index (κ3) is 1.50. The summed E-state index contributed by atoms with van der Waals surface area (Å²) in [7, 11) is 3.43. The summed E-state index contributed by atoms with van der Waals surface area (Å²) in [6, 6.07) is 5.53. The van der Waals surface area contributed by atoms with Crippen LogP contribution in [0.3, 0.4) is 0 Å². The quantitative estimate of drug-likeness (QED) is 0.827. The number of nitrogens with zero attached hydrogens (tertiary/aromatic N) is 1. The number of para-hydroxylation sites is 1. The molecule has 0 spiro atoms. The first kappa shape index (κ1) is 10.8. The van der Waals surface area contributed by atoms with Crippen LogP contribution in [0.15, 0.2) is 18.2 Å². The molecule has 0 fully saturated rings. The van der Waals surface area contributed by atoms with E-state index in [0.717, 1.165) is 23.5 Å². The Morgan fingerprint density at radius 2 is 2.25 bits per heavy atom. The van der Waals surface area contributed by atoms with Gasteiger partial charge in [0.15, 0.2) is 0 Å². The Hall–Kier alpha value is -1.71. The summed E-state index contributed by atoms with van der Waals surface area (Å²) < 4.78 is 5.29. The number of likely N-dealkylation sites (N-methyl/N-ethyl adjacent to an activating group) is 1. The first-order valence-electron chi connectivity index (χ1n) is 5.40. The Kier molecular flexibility index (Phi) is 2.73. The topological polar surface area (TPSA) is 41.6 Å². The molecule has 1 N–H and O–H groups in total. The van der Waals surface area contributed by atoms with Gasteiger partial charge in [0.1, 0.15) is 17.5 Å². The van der Waals surface area contributed by atoms with E-state index >= 15 is 0 Å². The van der Waals surface area contributed by atoms with Gasteiger partial charge in [-0.25, -0.2) is 0 Å². The van der Waals surface area contributed by atoms with Gasteiger partial charge in [0.25, 0.3) is 0 Å². The summed E-state index contributed by atoms with van der Waals surface area (Å²) in [5.41, 5.74) is 1.77. The predicted octanol–water partition coefficient (Wildman–Crippen LogP) is 1.86. The average molecular weight is 220 g/mol. The molecule has 4 nitrogen and oxygen atoms in total. The third-order valence-electron chi connectivity index (χ3n) is 2.94. The van der Waals surface area contributed by atoms with E-state index in [9.17, 15) is 4.79 Å². The lowest BCUT2D eigenvalue weighted by Crippen LogP contribution is -2.44. The molecule has 1 aliphatic rings. The Morgan fingerprint density at radius 1 is 1.50 bits per heavy atom. The zero-order chi connectivity index (χ0) is 11.7. The van der Waals surface area contributed by atoms with E-state index in [1.807, 2.05) is 25.1 Å². The van der Waals surface area contributed by atoms with Gasteiger partial charge in [-0.2, -0.15) is 0 Å². The van der Waals surface area contributed by atoms with Crippen molar-refractivity contribution in [2.75, 3.05) is 24.4 Å². The van der Waals surface area contributed by atoms with Crippen molar-refractivity contribution in [1.29, 1.82) is 0 Å². The molecule has 0 saturated carbocycles. The zero-order valence-corrected chi connectivity index (χ0v) is 9.78. The van der Waals surface area contributed by atoms with Gasteiger partial charge in [-0.3, -0.25) is 4.79 Å². The van der Waals surface area contributed by atoms with Gasteiger partial charge >= 0.3 is 0 Å². The van der Waals surface area contributed by atoms with Crippen molar-refractivity contribution < 1.29 is 9.53 Å². The van der Waals surface area contributed by atoms with Gasteiger partial charge < -0.3 is 15.0 Å². The molecule has 4 heteroatoms. The normalized spacial score (nSPS) is 19.1. The van der Waals surface area contributed by atoms with Gasteiger partial charge in [0, 0.05) is 7.05 Å². The highest BCUT2D eigenvalue weighted by Crippen LogP contribution is 2.38. The van der Waals surface area contributed by atoms with E-state index in [4.69, 9.17) is 4.74 Å². The minimum atomic E-state index is -0.159. The largest absolute Gasteiger partial charge is 0.495 e. The standard InChI is InChI=1S/C12H16N2O2/c1-4-8-12(15)14(2)9-6-5-7-10(16-3)11(9)13-8/h5-8,13H,4H2,1-3H3.